The van der Waals surface area contributed by atoms with Crippen molar-refractivity contribution in [2.24, 2.45) is 4.99 Å². The molecule has 2 aliphatic rings. The van der Waals surface area contributed by atoms with Gasteiger partial charge in [-0.05, 0) is 36.5 Å². The normalized spacial score (nSPS) is 17.1. The lowest BCUT2D eigenvalue weighted by Gasteiger charge is -2.33. The number of nitrogens with one attached hydrogen (secondary N) is 2. The van der Waals surface area contributed by atoms with Crippen LogP contribution in [0.25, 0.3) is 0 Å². The second-order valence-electron chi connectivity index (χ2n) is 8.03. The highest BCUT2D eigenvalue weighted by Gasteiger charge is 2.24. The maximum atomic E-state index is 12.7. The standard InChI is InChI=1S/C24H31N5O.HI/c1-25-24(26-17-23(30)29-16-11-20-9-5-6-10-22(20)29)27-21-12-14-28(15-13-21)18-19-7-3-2-4-8-19;/h2-10,21H,11-18H2,1H3,(H2,25,26,27);1H. The Labute approximate surface area is 202 Å². The van der Waals surface area contributed by atoms with Crippen LogP contribution in [0, 0.1) is 0 Å². The zero-order chi connectivity index (χ0) is 20.8. The van der Waals surface area contributed by atoms with Crippen molar-refractivity contribution in [3.8, 4) is 0 Å². The Kier molecular flexibility index (Phi) is 8.71. The van der Waals surface area contributed by atoms with E-state index in [4.69, 9.17) is 0 Å². The molecular weight excluding hydrogens is 501 g/mol. The monoisotopic (exact) mass is 533 g/mol. The number of likely N-dealkylation sites (tertiary alicyclic amines) is 1. The lowest BCUT2D eigenvalue weighted by molar-refractivity contribution is -0.117. The molecule has 2 aromatic carbocycles. The number of carbonyl (C=O) groups excluding carboxylic acids is 1. The smallest absolute Gasteiger partial charge is 0.246 e. The fraction of sp³-hybridized carbons (Fsp3) is 0.417. The number of hydrogen-bond donors (Lipinski definition) is 2. The Balaban J connectivity index is 0.00000272. The van der Waals surface area contributed by atoms with E-state index in [1.807, 2.05) is 23.1 Å². The summed E-state index contributed by atoms with van der Waals surface area (Å²) in [5, 5.41) is 6.71. The minimum absolute atomic E-state index is 0. The summed E-state index contributed by atoms with van der Waals surface area (Å²) in [5.74, 6) is 0.790. The number of halogens is 1. The Morgan fingerprint density at radius 1 is 1.03 bits per heavy atom. The topological polar surface area (TPSA) is 60.0 Å². The largest absolute Gasteiger partial charge is 0.354 e. The molecule has 166 valence electrons. The number of carbonyl (C=O) groups is 1. The average Bonchev–Trinajstić information content (AvgIpc) is 3.22. The Morgan fingerprint density at radius 2 is 1.74 bits per heavy atom. The molecule has 0 unspecified atom stereocenters. The van der Waals surface area contributed by atoms with Gasteiger partial charge < -0.3 is 15.5 Å². The highest BCUT2D eigenvalue weighted by Crippen LogP contribution is 2.27. The molecule has 4 rings (SSSR count). The van der Waals surface area contributed by atoms with Crippen molar-refractivity contribution >= 4 is 41.5 Å². The number of hydrogen-bond acceptors (Lipinski definition) is 3. The fourth-order valence-corrected chi connectivity index (χ4v) is 4.32. The van der Waals surface area contributed by atoms with Crippen LogP contribution in [-0.2, 0) is 17.8 Å². The Hall–Kier alpha value is -2.13. The minimum atomic E-state index is 0. The van der Waals surface area contributed by atoms with Gasteiger partial charge in [-0.3, -0.25) is 14.7 Å². The van der Waals surface area contributed by atoms with Gasteiger partial charge in [0.1, 0.15) is 0 Å². The molecule has 1 amide bonds. The van der Waals surface area contributed by atoms with E-state index in [0.717, 1.165) is 51.1 Å². The van der Waals surface area contributed by atoms with Crippen LogP contribution in [0.3, 0.4) is 0 Å². The van der Waals surface area contributed by atoms with Crippen LogP contribution in [0.15, 0.2) is 59.6 Å². The summed E-state index contributed by atoms with van der Waals surface area (Å²) in [6.07, 6.45) is 3.07. The number of guanidine groups is 1. The molecule has 2 aliphatic heterocycles. The van der Waals surface area contributed by atoms with Crippen molar-refractivity contribution < 1.29 is 4.79 Å². The second kappa shape index (κ2) is 11.5. The van der Waals surface area contributed by atoms with Gasteiger partial charge in [0, 0.05) is 45.0 Å². The number of anilines is 1. The van der Waals surface area contributed by atoms with E-state index < -0.39 is 0 Å². The highest BCUT2D eigenvalue weighted by molar-refractivity contribution is 14.0. The van der Waals surface area contributed by atoms with Crippen molar-refractivity contribution in [3.63, 3.8) is 0 Å². The summed E-state index contributed by atoms with van der Waals surface area (Å²) in [4.78, 5) is 21.4. The third kappa shape index (κ3) is 6.20. The summed E-state index contributed by atoms with van der Waals surface area (Å²) in [7, 11) is 1.76. The molecule has 2 N–H and O–H groups in total. The first-order valence-electron chi connectivity index (χ1n) is 10.8. The molecule has 0 aromatic heterocycles. The molecule has 2 aromatic rings. The number of amides is 1. The maximum Gasteiger partial charge on any atom is 0.246 e. The van der Waals surface area contributed by atoms with E-state index in [0.29, 0.717) is 12.0 Å². The van der Waals surface area contributed by atoms with E-state index in [9.17, 15) is 4.79 Å². The van der Waals surface area contributed by atoms with Crippen molar-refractivity contribution in [3.05, 3.63) is 65.7 Å². The third-order valence-electron chi connectivity index (χ3n) is 6.00. The summed E-state index contributed by atoms with van der Waals surface area (Å²) in [6, 6.07) is 19.2. The summed E-state index contributed by atoms with van der Waals surface area (Å²) < 4.78 is 0. The van der Waals surface area contributed by atoms with Gasteiger partial charge in [-0.25, -0.2) is 0 Å². The lowest BCUT2D eigenvalue weighted by atomic mass is 10.0. The first-order chi connectivity index (χ1) is 14.7. The van der Waals surface area contributed by atoms with E-state index in [2.05, 4.69) is 56.9 Å². The first-order valence-corrected chi connectivity index (χ1v) is 10.8. The van der Waals surface area contributed by atoms with Gasteiger partial charge in [0.15, 0.2) is 5.96 Å². The first kappa shape index (κ1) is 23.5. The predicted octanol–water partition coefficient (Wildman–Crippen LogP) is 3.02. The molecule has 0 spiro atoms. The van der Waals surface area contributed by atoms with Crippen LogP contribution in [0.5, 0.6) is 0 Å². The van der Waals surface area contributed by atoms with Gasteiger partial charge in [0.25, 0.3) is 0 Å². The third-order valence-corrected chi connectivity index (χ3v) is 6.00. The van der Waals surface area contributed by atoms with E-state index in [1.54, 1.807) is 7.05 Å². The predicted molar refractivity (Wildman–Crippen MR) is 137 cm³/mol. The van der Waals surface area contributed by atoms with Gasteiger partial charge in [-0.2, -0.15) is 0 Å². The molecule has 0 bridgehead atoms. The number of nitrogens with zero attached hydrogens (tertiary/aromatic N) is 3. The number of benzene rings is 2. The van der Waals surface area contributed by atoms with Crippen molar-refractivity contribution in [2.75, 3.05) is 38.1 Å². The number of para-hydroxylation sites is 1. The van der Waals surface area contributed by atoms with E-state index in [-0.39, 0.29) is 36.4 Å². The molecule has 0 radical (unpaired) electrons. The molecule has 0 atom stereocenters. The van der Waals surface area contributed by atoms with E-state index >= 15 is 0 Å². The Bertz CT molecular complexity index is 881. The molecule has 1 fully saturated rings. The van der Waals surface area contributed by atoms with Crippen LogP contribution >= 0.6 is 24.0 Å². The molecule has 7 heteroatoms. The minimum Gasteiger partial charge on any atom is -0.354 e. The average molecular weight is 533 g/mol. The zero-order valence-electron chi connectivity index (χ0n) is 18.1. The second-order valence-corrected chi connectivity index (χ2v) is 8.03. The number of aliphatic imine (C=N–C) groups is 1. The molecular formula is C24H32IN5O. The van der Waals surface area contributed by atoms with Gasteiger partial charge >= 0.3 is 0 Å². The van der Waals surface area contributed by atoms with E-state index in [1.165, 1.54) is 11.1 Å². The molecule has 2 heterocycles. The van der Waals surface area contributed by atoms with Crippen LogP contribution in [0.2, 0.25) is 0 Å². The highest BCUT2D eigenvalue weighted by atomic mass is 127. The molecule has 31 heavy (non-hydrogen) atoms. The van der Waals surface area contributed by atoms with Gasteiger partial charge in [-0.1, -0.05) is 48.5 Å². The summed E-state index contributed by atoms with van der Waals surface area (Å²) in [5.41, 5.74) is 3.65. The quantitative estimate of drug-likeness (QED) is 0.353. The molecule has 6 nitrogen and oxygen atoms in total. The summed E-state index contributed by atoms with van der Waals surface area (Å²) >= 11 is 0. The van der Waals surface area contributed by atoms with Crippen LogP contribution < -0.4 is 15.5 Å². The fourth-order valence-electron chi connectivity index (χ4n) is 4.32. The van der Waals surface area contributed by atoms with Crippen LogP contribution in [0.4, 0.5) is 5.69 Å². The van der Waals surface area contributed by atoms with Gasteiger partial charge in [0.05, 0.1) is 6.54 Å². The summed E-state index contributed by atoms with van der Waals surface area (Å²) in [6.45, 7) is 4.14. The van der Waals surface area contributed by atoms with Gasteiger partial charge in [0.2, 0.25) is 5.91 Å². The van der Waals surface area contributed by atoms with Crippen LogP contribution in [-0.4, -0.2) is 56.0 Å². The van der Waals surface area contributed by atoms with Gasteiger partial charge in [-0.15, -0.1) is 24.0 Å². The molecule has 0 aliphatic carbocycles. The molecule has 0 saturated carbocycles. The maximum absolute atomic E-state index is 12.7. The molecule has 1 saturated heterocycles. The van der Waals surface area contributed by atoms with Crippen LogP contribution in [0.1, 0.15) is 24.0 Å². The Morgan fingerprint density at radius 3 is 2.48 bits per heavy atom. The number of fused-ring (bicyclic) bond motifs is 1. The van der Waals surface area contributed by atoms with Crippen molar-refractivity contribution in [1.29, 1.82) is 0 Å². The van der Waals surface area contributed by atoms with Crippen molar-refractivity contribution in [2.45, 2.75) is 31.8 Å². The zero-order valence-corrected chi connectivity index (χ0v) is 20.4. The number of rotatable bonds is 5. The lowest BCUT2D eigenvalue weighted by Crippen LogP contribution is -2.50. The number of piperidine rings is 1. The SMILES string of the molecule is CN=C(NCC(=O)N1CCc2ccccc21)NC1CCN(Cc2ccccc2)CC1.I. The van der Waals surface area contributed by atoms with Crippen molar-refractivity contribution in [1.82, 2.24) is 15.5 Å².